The van der Waals surface area contributed by atoms with E-state index in [2.05, 4.69) is 4.84 Å². The minimum absolute atomic E-state index is 0.00951. The van der Waals surface area contributed by atoms with Crippen molar-refractivity contribution in [2.45, 2.75) is 32.7 Å². The molecule has 1 aromatic rings. The third-order valence-electron chi connectivity index (χ3n) is 2.56. The van der Waals surface area contributed by atoms with Gasteiger partial charge in [-0.15, -0.1) is 10.1 Å². The van der Waals surface area contributed by atoms with Gasteiger partial charge in [0.25, 0.3) is 5.09 Å². The summed E-state index contributed by atoms with van der Waals surface area (Å²) < 4.78 is 6.31. The fourth-order valence-electron chi connectivity index (χ4n) is 1.37. The lowest BCUT2D eigenvalue weighted by molar-refractivity contribution is -0.757. The Bertz CT molecular complexity index is 491. The van der Waals surface area contributed by atoms with Crippen LogP contribution in [0.3, 0.4) is 0 Å². The molecule has 0 aliphatic heterocycles. The summed E-state index contributed by atoms with van der Waals surface area (Å²) in [4.78, 5) is 14.1. The molecule has 0 aromatic heterocycles. The van der Waals surface area contributed by atoms with E-state index in [9.17, 15) is 15.3 Å². The van der Waals surface area contributed by atoms with Crippen molar-refractivity contribution in [3.8, 4) is 5.75 Å². The van der Waals surface area contributed by atoms with Gasteiger partial charge in [0.1, 0.15) is 5.75 Å². The first-order valence-corrected chi connectivity index (χ1v) is 6.60. The molecule has 0 atom stereocenters. The second-order valence-corrected chi connectivity index (χ2v) is 5.45. The summed E-state index contributed by atoms with van der Waals surface area (Å²) in [6, 6.07) is 7.05. The smallest absolute Gasteiger partial charge is 0.294 e. The van der Waals surface area contributed by atoms with Crippen LogP contribution in [-0.4, -0.2) is 34.8 Å². The first-order valence-electron chi connectivity index (χ1n) is 6.60. The van der Waals surface area contributed by atoms with Gasteiger partial charge < -0.3 is 14.8 Å². The van der Waals surface area contributed by atoms with E-state index in [4.69, 9.17) is 4.74 Å². The lowest BCUT2D eigenvalue weighted by Crippen LogP contribution is -2.29. The van der Waals surface area contributed by atoms with Crippen LogP contribution < -0.4 is 4.74 Å². The highest BCUT2D eigenvalue weighted by atomic mass is 16.9. The van der Waals surface area contributed by atoms with Gasteiger partial charge in [-0.25, -0.2) is 4.74 Å². The number of ether oxygens (including phenoxy) is 1. The summed E-state index contributed by atoms with van der Waals surface area (Å²) in [5.41, 5.74) is 0.301. The average molecular weight is 296 g/mol. The summed E-state index contributed by atoms with van der Waals surface area (Å²) in [5, 5.41) is 20.9. The maximum atomic E-state index is 11.8. The van der Waals surface area contributed by atoms with E-state index in [0.717, 1.165) is 10.3 Å². The van der Waals surface area contributed by atoms with E-state index in [-0.39, 0.29) is 6.61 Å². The van der Waals surface area contributed by atoms with Crippen molar-refractivity contribution >= 4 is 6.21 Å². The zero-order valence-electron chi connectivity index (χ0n) is 12.4. The van der Waals surface area contributed by atoms with Crippen molar-refractivity contribution in [1.82, 2.24) is 0 Å². The summed E-state index contributed by atoms with van der Waals surface area (Å²) in [5.74, 6) is 0.640. The quantitative estimate of drug-likeness (QED) is 0.192. The third-order valence-corrected chi connectivity index (χ3v) is 2.56. The molecule has 0 saturated carbocycles. The molecule has 0 unspecified atom stereocenters. The number of hydrogen-bond donors (Lipinski definition) is 0. The van der Waals surface area contributed by atoms with Crippen molar-refractivity contribution in [1.29, 1.82) is 0 Å². The Morgan fingerprint density at radius 2 is 1.76 bits per heavy atom. The Morgan fingerprint density at radius 1 is 1.14 bits per heavy atom. The molecule has 0 N–H and O–H groups in total. The SMILES string of the molecule is CC(C)(C)/[N+]([O-])=C/c1ccc(OCCCO[N+](=O)[O-])cc1. The molecule has 7 heteroatoms. The highest BCUT2D eigenvalue weighted by Gasteiger charge is 2.17. The Hall–Kier alpha value is -2.31. The van der Waals surface area contributed by atoms with Crippen LogP contribution in [0.1, 0.15) is 32.8 Å². The summed E-state index contributed by atoms with van der Waals surface area (Å²) in [6.45, 7) is 5.84. The minimum atomic E-state index is -0.825. The number of nitrogens with zero attached hydrogens (tertiary/aromatic N) is 2. The van der Waals surface area contributed by atoms with Gasteiger partial charge in [0.15, 0.2) is 11.8 Å². The van der Waals surface area contributed by atoms with Gasteiger partial charge in [0.05, 0.1) is 13.2 Å². The van der Waals surface area contributed by atoms with Crippen molar-refractivity contribution in [3.63, 3.8) is 0 Å². The molecule has 0 spiro atoms. The average Bonchev–Trinajstić information content (AvgIpc) is 2.38. The number of hydroxylamine groups is 1. The predicted octanol–water partition coefficient (Wildman–Crippen LogP) is 2.39. The molecule has 0 bridgehead atoms. The van der Waals surface area contributed by atoms with Crippen LogP contribution in [0.2, 0.25) is 0 Å². The minimum Gasteiger partial charge on any atom is -0.623 e. The molecule has 0 saturated heterocycles. The van der Waals surface area contributed by atoms with E-state index in [0.29, 0.717) is 18.8 Å². The molecule has 0 heterocycles. The molecule has 0 fully saturated rings. The molecule has 0 amide bonds. The predicted molar refractivity (Wildman–Crippen MR) is 78.0 cm³/mol. The Kier molecular flexibility index (Phi) is 5.95. The van der Waals surface area contributed by atoms with E-state index in [1.165, 1.54) is 6.21 Å². The second kappa shape index (κ2) is 7.47. The fourth-order valence-corrected chi connectivity index (χ4v) is 1.37. The highest BCUT2D eigenvalue weighted by Crippen LogP contribution is 2.12. The van der Waals surface area contributed by atoms with Gasteiger partial charge in [-0.1, -0.05) is 0 Å². The van der Waals surface area contributed by atoms with Gasteiger partial charge in [0, 0.05) is 32.8 Å². The topological polar surface area (TPSA) is 87.7 Å². The van der Waals surface area contributed by atoms with E-state index in [1.54, 1.807) is 24.3 Å². The van der Waals surface area contributed by atoms with E-state index >= 15 is 0 Å². The standard InChI is InChI=1S/C14H20N2O5/c1-14(2,3)15(17)11-12-5-7-13(8-6-12)20-9-4-10-21-16(18)19/h5-8,11H,4,9-10H2,1-3H3/b15-11-. The molecule has 116 valence electrons. The normalized spacial score (nSPS) is 12.0. The third kappa shape index (κ3) is 6.60. The van der Waals surface area contributed by atoms with Crippen LogP contribution in [0.4, 0.5) is 0 Å². The van der Waals surface area contributed by atoms with Gasteiger partial charge in [-0.2, -0.15) is 0 Å². The second-order valence-electron chi connectivity index (χ2n) is 5.45. The van der Waals surface area contributed by atoms with E-state index in [1.807, 2.05) is 20.8 Å². The van der Waals surface area contributed by atoms with Crippen LogP contribution in [0.5, 0.6) is 5.75 Å². The van der Waals surface area contributed by atoms with E-state index < -0.39 is 10.6 Å². The van der Waals surface area contributed by atoms with Gasteiger partial charge in [0.2, 0.25) is 0 Å². The highest BCUT2D eigenvalue weighted by molar-refractivity contribution is 5.76. The zero-order chi connectivity index (χ0) is 15.9. The van der Waals surface area contributed by atoms with Crippen molar-refractivity contribution in [3.05, 3.63) is 45.2 Å². The Labute approximate surface area is 123 Å². The molecule has 1 rings (SSSR count). The molecular weight excluding hydrogens is 276 g/mol. The molecule has 0 aliphatic rings. The molecular formula is C14H20N2O5. The van der Waals surface area contributed by atoms with Crippen LogP contribution in [0.25, 0.3) is 0 Å². The van der Waals surface area contributed by atoms with Gasteiger partial charge in [-0.05, 0) is 24.3 Å². The van der Waals surface area contributed by atoms with Crippen molar-refractivity contribution in [2.24, 2.45) is 0 Å². The summed E-state index contributed by atoms with van der Waals surface area (Å²) in [6.07, 6.45) is 1.95. The van der Waals surface area contributed by atoms with Gasteiger partial charge in [-0.3, -0.25) is 0 Å². The van der Waals surface area contributed by atoms with Crippen LogP contribution >= 0.6 is 0 Å². The maximum absolute atomic E-state index is 11.8. The van der Waals surface area contributed by atoms with Crippen molar-refractivity contribution in [2.75, 3.05) is 13.2 Å². The number of benzene rings is 1. The molecule has 0 radical (unpaired) electrons. The molecule has 21 heavy (non-hydrogen) atoms. The Morgan fingerprint density at radius 3 is 2.29 bits per heavy atom. The molecule has 1 aromatic carbocycles. The number of rotatable bonds is 7. The maximum Gasteiger partial charge on any atom is 0.294 e. The van der Waals surface area contributed by atoms with Crippen LogP contribution in [0.15, 0.2) is 24.3 Å². The molecule has 0 aliphatic carbocycles. The first-order chi connectivity index (χ1) is 9.79. The monoisotopic (exact) mass is 296 g/mol. The summed E-state index contributed by atoms with van der Waals surface area (Å²) in [7, 11) is 0. The first kappa shape index (κ1) is 16.7. The fraction of sp³-hybridized carbons (Fsp3) is 0.500. The lowest BCUT2D eigenvalue weighted by Gasteiger charge is -2.18. The lowest BCUT2D eigenvalue weighted by atomic mass is 10.1. The Balaban J connectivity index is 2.46. The van der Waals surface area contributed by atoms with Crippen LogP contribution in [-0.2, 0) is 4.84 Å². The zero-order valence-corrected chi connectivity index (χ0v) is 12.4. The molecule has 7 nitrogen and oxygen atoms in total. The van der Waals surface area contributed by atoms with Crippen molar-refractivity contribution < 1.29 is 19.4 Å². The van der Waals surface area contributed by atoms with Crippen LogP contribution in [0, 0.1) is 15.3 Å². The number of hydrogen-bond acceptors (Lipinski definition) is 5. The largest absolute Gasteiger partial charge is 0.623 e. The van der Waals surface area contributed by atoms with Gasteiger partial charge >= 0.3 is 0 Å². The summed E-state index contributed by atoms with van der Waals surface area (Å²) >= 11 is 0.